The monoisotopic (exact) mass is 300 g/mol. The zero-order valence-corrected chi connectivity index (χ0v) is 11.8. The van der Waals surface area contributed by atoms with Crippen molar-refractivity contribution in [2.24, 2.45) is 19.1 Å². The van der Waals surface area contributed by atoms with Crippen LogP contribution >= 0.6 is 0 Å². The molecule has 9 nitrogen and oxygen atoms in total. The first-order valence-electron chi connectivity index (χ1n) is 6.35. The van der Waals surface area contributed by atoms with Crippen LogP contribution in [-0.4, -0.2) is 29.3 Å². The van der Waals surface area contributed by atoms with Crippen molar-refractivity contribution in [3.8, 4) is 0 Å². The normalized spacial score (nSPS) is 12.0. The first-order valence-corrected chi connectivity index (χ1v) is 6.35. The van der Waals surface area contributed by atoms with Gasteiger partial charge in [0, 0.05) is 14.1 Å². The van der Waals surface area contributed by atoms with Gasteiger partial charge in [-0.25, -0.2) is 9.79 Å². The number of fused-ring (bicyclic) bond motifs is 1. The molecular formula is C13H12N6O3. The summed E-state index contributed by atoms with van der Waals surface area (Å²) in [6.45, 7) is 0. The maximum absolute atomic E-state index is 12.1. The first kappa shape index (κ1) is 13.7. The highest BCUT2D eigenvalue weighted by atomic mass is 16.5. The Morgan fingerprint density at radius 1 is 1.09 bits per heavy atom. The van der Waals surface area contributed by atoms with Gasteiger partial charge in [0.25, 0.3) is 11.2 Å². The lowest BCUT2D eigenvalue weighted by molar-refractivity contribution is 0.129. The predicted molar refractivity (Wildman–Crippen MR) is 76.9 cm³/mol. The average molecular weight is 300 g/mol. The van der Waals surface area contributed by atoms with E-state index in [1.807, 2.05) is 6.07 Å². The Balaban J connectivity index is 2.41. The van der Waals surface area contributed by atoms with Gasteiger partial charge in [0.2, 0.25) is 0 Å². The van der Waals surface area contributed by atoms with E-state index in [4.69, 9.17) is 0 Å². The van der Waals surface area contributed by atoms with E-state index in [2.05, 4.69) is 15.1 Å². The second-order valence-corrected chi connectivity index (χ2v) is 4.63. The Bertz CT molecular complexity index is 1050. The minimum atomic E-state index is -0.601. The third-order valence-electron chi connectivity index (χ3n) is 3.18. The molecule has 0 spiro atoms. The fourth-order valence-corrected chi connectivity index (χ4v) is 1.99. The molecule has 0 saturated carbocycles. The Kier molecular flexibility index (Phi) is 3.09. The first-order chi connectivity index (χ1) is 10.5. The summed E-state index contributed by atoms with van der Waals surface area (Å²) in [4.78, 5) is 32.5. The van der Waals surface area contributed by atoms with E-state index >= 15 is 0 Å². The standard InChI is InChI=1S/C13H12N6O3/c1-17-10-9(11(20)18(2)13(17)21)15-12(19(22)16-10)14-8-6-4-3-5-7-8/h3-7,22H,1-2H3. The summed E-state index contributed by atoms with van der Waals surface area (Å²) < 4.78 is 2.05. The highest BCUT2D eigenvalue weighted by Gasteiger charge is 2.12. The van der Waals surface area contributed by atoms with Gasteiger partial charge in [-0.1, -0.05) is 23.0 Å². The van der Waals surface area contributed by atoms with Crippen LogP contribution in [0.25, 0.3) is 11.2 Å². The van der Waals surface area contributed by atoms with Gasteiger partial charge in [-0.15, -0.1) is 5.10 Å². The zero-order valence-electron chi connectivity index (χ0n) is 11.8. The number of benzene rings is 1. The van der Waals surface area contributed by atoms with Crippen LogP contribution in [0.1, 0.15) is 0 Å². The second-order valence-electron chi connectivity index (χ2n) is 4.63. The predicted octanol–water partition coefficient (Wildman–Crippen LogP) is -0.702. The van der Waals surface area contributed by atoms with E-state index in [1.54, 1.807) is 24.3 Å². The summed E-state index contributed by atoms with van der Waals surface area (Å²) in [7, 11) is 2.78. The van der Waals surface area contributed by atoms with E-state index in [-0.39, 0.29) is 16.8 Å². The van der Waals surface area contributed by atoms with Crippen LogP contribution in [0.15, 0.2) is 44.9 Å². The second kappa shape index (κ2) is 4.95. The molecule has 22 heavy (non-hydrogen) atoms. The number of rotatable bonds is 1. The zero-order chi connectivity index (χ0) is 15.9. The van der Waals surface area contributed by atoms with Gasteiger partial charge in [0.1, 0.15) is 0 Å². The number of aromatic nitrogens is 5. The average Bonchev–Trinajstić information content (AvgIpc) is 2.53. The lowest BCUT2D eigenvalue weighted by Gasteiger charge is -2.06. The molecule has 0 fully saturated rings. The molecule has 0 aliphatic carbocycles. The van der Waals surface area contributed by atoms with Crippen molar-refractivity contribution < 1.29 is 5.21 Å². The third-order valence-corrected chi connectivity index (χ3v) is 3.18. The van der Waals surface area contributed by atoms with Gasteiger partial charge >= 0.3 is 5.69 Å². The van der Waals surface area contributed by atoms with Gasteiger partial charge in [-0.2, -0.15) is 4.98 Å². The van der Waals surface area contributed by atoms with Crippen molar-refractivity contribution in [2.45, 2.75) is 0 Å². The maximum Gasteiger partial charge on any atom is 0.332 e. The molecule has 0 aliphatic heterocycles. The van der Waals surface area contributed by atoms with Gasteiger partial charge < -0.3 is 5.21 Å². The van der Waals surface area contributed by atoms with Crippen LogP contribution in [0.4, 0.5) is 5.69 Å². The van der Waals surface area contributed by atoms with Crippen molar-refractivity contribution >= 4 is 16.9 Å². The molecule has 0 aliphatic rings. The molecule has 3 aromatic rings. The van der Waals surface area contributed by atoms with Crippen LogP contribution in [-0.2, 0) is 14.1 Å². The maximum atomic E-state index is 12.1. The molecule has 0 unspecified atom stereocenters. The molecule has 9 heteroatoms. The summed E-state index contributed by atoms with van der Waals surface area (Å²) in [5, 5.41) is 13.7. The molecule has 0 atom stereocenters. The van der Waals surface area contributed by atoms with Gasteiger partial charge in [0.15, 0.2) is 11.2 Å². The molecule has 2 aromatic heterocycles. The molecule has 3 rings (SSSR count). The molecule has 0 amide bonds. The fourth-order valence-electron chi connectivity index (χ4n) is 1.99. The van der Waals surface area contributed by atoms with Gasteiger partial charge in [-0.3, -0.25) is 13.9 Å². The van der Waals surface area contributed by atoms with E-state index in [1.165, 1.54) is 14.1 Å². The molecule has 1 N–H and O–H groups in total. The Morgan fingerprint density at radius 3 is 2.45 bits per heavy atom. The molecule has 2 heterocycles. The van der Waals surface area contributed by atoms with Gasteiger partial charge in [-0.05, 0) is 12.1 Å². The molecular weight excluding hydrogens is 288 g/mol. The number of nitrogens with zero attached hydrogens (tertiary/aromatic N) is 6. The molecule has 1 aromatic carbocycles. The summed E-state index contributed by atoms with van der Waals surface area (Å²) in [5.41, 5.74) is -0.850. The highest BCUT2D eigenvalue weighted by Crippen LogP contribution is 2.07. The fraction of sp³-hybridized carbons (Fsp3) is 0.154. The Hall–Kier alpha value is -3.23. The largest absolute Gasteiger partial charge is 0.409 e. The van der Waals surface area contributed by atoms with E-state index < -0.39 is 11.2 Å². The Morgan fingerprint density at radius 2 is 1.77 bits per heavy atom. The molecule has 0 radical (unpaired) electrons. The van der Waals surface area contributed by atoms with E-state index in [0.717, 1.165) is 9.13 Å². The topological polar surface area (TPSA) is 107 Å². The van der Waals surface area contributed by atoms with Crippen molar-refractivity contribution in [3.05, 3.63) is 56.8 Å². The molecule has 0 bridgehead atoms. The van der Waals surface area contributed by atoms with Crippen molar-refractivity contribution in [3.63, 3.8) is 0 Å². The minimum Gasteiger partial charge on any atom is -0.409 e. The SMILES string of the molecule is Cn1c(=O)c2nc(=Nc3ccccc3)n(O)nc2n(C)c1=O. The van der Waals surface area contributed by atoms with Crippen LogP contribution in [0, 0.1) is 0 Å². The molecule has 112 valence electrons. The third kappa shape index (κ3) is 2.08. The lowest BCUT2D eigenvalue weighted by Crippen LogP contribution is -2.40. The summed E-state index contributed by atoms with van der Waals surface area (Å²) in [6.07, 6.45) is 0. The highest BCUT2D eigenvalue weighted by molar-refractivity contribution is 5.67. The Labute approximate surface area is 123 Å². The molecule has 0 saturated heterocycles. The lowest BCUT2D eigenvalue weighted by atomic mass is 10.3. The van der Waals surface area contributed by atoms with Crippen LogP contribution in [0.2, 0.25) is 0 Å². The summed E-state index contributed by atoms with van der Waals surface area (Å²) in [6, 6.07) is 8.80. The summed E-state index contributed by atoms with van der Waals surface area (Å²) in [5.74, 6) is 0. The number of para-hydroxylation sites is 1. The van der Waals surface area contributed by atoms with Crippen molar-refractivity contribution in [1.82, 2.24) is 24.1 Å². The van der Waals surface area contributed by atoms with Crippen molar-refractivity contribution in [2.75, 3.05) is 0 Å². The number of aryl methyl sites for hydroxylation is 1. The van der Waals surface area contributed by atoms with E-state index in [9.17, 15) is 14.8 Å². The number of hydrogen-bond acceptors (Lipinski definition) is 6. The number of hydrogen-bond donors (Lipinski definition) is 1. The van der Waals surface area contributed by atoms with Crippen LogP contribution < -0.4 is 16.9 Å². The van der Waals surface area contributed by atoms with E-state index in [0.29, 0.717) is 10.5 Å². The minimum absolute atomic E-state index is 0.0254. The van der Waals surface area contributed by atoms with Crippen LogP contribution in [0.3, 0.4) is 0 Å². The quantitative estimate of drug-likeness (QED) is 0.598. The van der Waals surface area contributed by atoms with Gasteiger partial charge in [0.05, 0.1) is 5.69 Å². The van der Waals surface area contributed by atoms with Crippen molar-refractivity contribution in [1.29, 1.82) is 0 Å². The summed E-state index contributed by atoms with van der Waals surface area (Å²) >= 11 is 0. The smallest absolute Gasteiger partial charge is 0.332 e. The van der Waals surface area contributed by atoms with Crippen LogP contribution in [0.5, 0.6) is 0 Å².